The highest BCUT2D eigenvalue weighted by molar-refractivity contribution is 9.10. The second-order valence-corrected chi connectivity index (χ2v) is 5.75. The average Bonchev–Trinajstić information content (AvgIpc) is 2.84. The highest BCUT2D eigenvalue weighted by Crippen LogP contribution is 2.24. The Morgan fingerprint density at radius 3 is 2.78 bits per heavy atom. The largest absolute Gasteiger partial charge is 0.342 e. The van der Waals surface area contributed by atoms with E-state index in [2.05, 4.69) is 21.0 Å². The molecule has 5 nitrogen and oxygen atoms in total. The van der Waals surface area contributed by atoms with Gasteiger partial charge in [0.05, 0.1) is 16.7 Å². The van der Waals surface area contributed by atoms with Crippen LogP contribution >= 0.6 is 15.9 Å². The number of aromatic nitrogens is 2. The van der Waals surface area contributed by atoms with E-state index in [9.17, 15) is 4.79 Å². The summed E-state index contributed by atoms with van der Waals surface area (Å²) in [6.07, 6.45) is 5.70. The number of nitrogens with zero attached hydrogens (tertiary/aromatic N) is 3. The predicted octanol–water partition coefficient (Wildman–Crippen LogP) is 1.40. The van der Waals surface area contributed by atoms with Gasteiger partial charge >= 0.3 is 0 Å². The lowest BCUT2D eigenvalue weighted by Crippen LogP contribution is -2.43. The van der Waals surface area contributed by atoms with Gasteiger partial charge < -0.3 is 10.6 Å². The lowest BCUT2D eigenvalue weighted by atomic mass is 10.0. The van der Waals surface area contributed by atoms with Crippen molar-refractivity contribution in [2.24, 2.45) is 11.7 Å². The van der Waals surface area contributed by atoms with Crippen LogP contribution in [0, 0.1) is 5.92 Å². The van der Waals surface area contributed by atoms with Crippen molar-refractivity contribution in [2.75, 3.05) is 19.6 Å². The van der Waals surface area contributed by atoms with Crippen LogP contribution in [0.15, 0.2) is 16.9 Å². The zero-order valence-corrected chi connectivity index (χ0v) is 12.1. The Morgan fingerprint density at radius 1 is 1.61 bits per heavy atom. The molecule has 0 bridgehead atoms. The lowest BCUT2D eigenvalue weighted by Gasteiger charge is -2.33. The first-order valence-electron chi connectivity index (χ1n) is 6.30. The Labute approximate surface area is 115 Å². The lowest BCUT2D eigenvalue weighted by molar-refractivity contribution is -0.136. The van der Waals surface area contributed by atoms with E-state index in [0.717, 1.165) is 30.4 Å². The molecule has 6 heteroatoms. The minimum atomic E-state index is -0.0691. The highest BCUT2D eigenvalue weighted by atomic mass is 79.9. The number of hydrogen-bond donors (Lipinski definition) is 1. The molecule has 2 heterocycles. The summed E-state index contributed by atoms with van der Waals surface area (Å²) in [5.41, 5.74) is 5.53. The van der Waals surface area contributed by atoms with Gasteiger partial charge in [0.15, 0.2) is 0 Å². The Hall–Kier alpha value is -0.880. The molecule has 1 saturated heterocycles. The van der Waals surface area contributed by atoms with Crippen LogP contribution in [0.4, 0.5) is 0 Å². The number of hydrogen-bond acceptors (Lipinski definition) is 3. The monoisotopic (exact) mass is 314 g/mol. The number of likely N-dealkylation sites (tertiary alicyclic amines) is 1. The maximum Gasteiger partial charge on any atom is 0.226 e. The first-order chi connectivity index (χ1) is 8.61. The van der Waals surface area contributed by atoms with Gasteiger partial charge in [-0.1, -0.05) is 6.92 Å². The summed E-state index contributed by atoms with van der Waals surface area (Å²) in [4.78, 5) is 13.9. The molecule has 1 aliphatic heterocycles. The minimum Gasteiger partial charge on any atom is -0.342 e. The van der Waals surface area contributed by atoms with Crippen LogP contribution in [-0.2, 0) is 4.79 Å². The molecule has 2 rings (SSSR count). The van der Waals surface area contributed by atoms with Gasteiger partial charge in [-0.2, -0.15) is 5.10 Å². The molecule has 100 valence electrons. The summed E-state index contributed by atoms with van der Waals surface area (Å²) >= 11 is 3.40. The van der Waals surface area contributed by atoms with Crippen LogP contribution in [0.3, 0.4) is 0 Å². The Bertz CT molecular complexity index is 412. The molecule has 1 atom stereocenters. The van der Waals surface area contributed by atoms with Gasteiger partial charge in [0, 0.05) is 31.7 Å². The smallest absolute Gasteiger partial charge is 0.226 e. The van der Waals surface area contributed by atoms with Crippen molar-refractivity contribution in [3.8, 4) is 0 Å². The summed E-state index contributed by atoms with van der Waals surface area (Å²) in [5, 5.41) is 4.31. The molecule has 2 N–H and O–H groups in total. The SMILES string of the molecule is CC(CN)C(=O)N1CCC(n2cc(Br)cn2)CC1. The summed E-state index contributed by atoms with van der Waals surface area (Å²) in [5.74, 6) is 0.109. The van der Waals surface area contributed by atoms with E-state index in [4.69, 9.17) is 5.73 Å². The van der Waals surface area contributed by atoms with Crippen LogP contribution in [0.1, 0.15) is 25.8 Å². The van der Waals surface area contributed by atoms with Gasteiger partial charge in [-0.05, 0) is 28.8 Å². The number of piperidine rings is 1. The Morgan fingerprint density at radius 2 is 2.28 bits per heavy atom. The van der Waals surface area contributed by atoms with Crippen LogP contribution in [-0.4, -0.2) is 40.2 Å². The summed E-state index contributed by atoms with van der Waals surface area (Å²) in [6, 6.07) is 0.397. The maximum atomic E-state index is 12.0. The van der Waals surface area contributed by atoms with Crippen molar-refractivity contribution in [1.29, 1.82) is 0 Å². The normalized spacial score (nSPS) is 18.9. The molecule has 0 spiro atoms. The van der Waals surface area contributed by atoms with Gasteiger partial charge in [-0.25, -0.2) is 0 Å². The average molecular weight is 315 g/mol. The molecule has 0 radical (unpaired) electrons. The maximum absolute atomic E-state index is 12.0. The molecule has 1 fully saturated rings. The van der Waals surface area contributed by atoms with Crippen molar-refractivity contribution < 1.29 is 4.79 Å². The van der Waals surface area contributed by atoms with E-state index in [1.54, 1.807) is 6.20 Å². The molecule has 0 saturated carbocycles. The summed E-state index contributed by atoms with van der Waals surface area (Å²) < 4.78 is 2.98. The van der Waals surface area contributed by atoms with E-state index in [1.165, 1.54) is 0 Å². The number of halogens is 1. The number of nitrogens with two attached hydrogens (primary N) is 1. The van der Waals surface area contributed by atoms with E-state index in [1.807, 2.05) is 22.7 Å². The van der Waals surface area contributed by atoms with E-state index in [-0.39, 0.29) is 11.8 Å². The van der Waals surface area contributed by atoms with Gasteiger partial charge in [0.2, 0.25) is 5.91 Å². The minimum absolute atomic E-state index is 0.0691. The van der Waals surface area contributed by atoms with Crippen LogP contribution < -0.4 is 5.73 Å². The van der Waals surface area contributed by atoms with Gasteiger partial charge in [0.1, 0.15) is 0 Å². The number of carbonyl (C=O) groups is 1. The molecule has 0 aliphatic carbocycles. The van der Waals surface area contributed by atoms with Crippen LogP contribution in [0.5, 0.6) is 0 Å². The first kappa shape index (κ1) is 13.5. The van der Waals surface area contributed by atoms with E-state index in [0.29, 0.717) is 12.6 Å². The quantitative estimate of drug-likeness (QED) is 0.917. The molecule has 1 aromatic rings. The Kier molecular flexibility index (Phi) is 4.40. The van der Waals surface area contributed by atoms with Crippen molar-refractivity contribution in [1.82, 2.24) is 14.7 Å². The number of carbonyl (C=O) groups excluding carboxylic acids is 1. The summed E-state index contributed by atoms with van der Waals surface area (Å²) in [7, 11) is 0. The fourth-order valence-corrected chi connectivity index (χ4v) is 2.58. The molecule has 1 unspecified atom stereocenters. The molecule has 18 heavy (non-hydrogen) atoms. The van der Waals surface area contributed by atoms with E-state index < -0.39 is 0 Å². The van der Waals surface area contributed by atoms with Crippen LogP contribution in [0.25, 0.3) is 0 Å². The van der Waals surface area contributed by atoms with E-state index >= 15 is 0 Å². The topological polar surface area (TPSA) is 64.2 Å². The zero-order valence-electron chi connectivity index (χ0n) is 10.6. The first-order valence-corrected chi connectivity index (χ1v) is 7.09. The molecular weight excluding hydrogens is 296 g/mol. The second kappa shape index (κ2) is 5.84. The summed E-state index contributed by atoms with van der Waals surface area (Å²) in [6.45, 7) is 3.90. The third kappa shape index (κ3) is 2.92. The molecular formula is C12H19BrN4O. The number of rotatable bonds is 3. The van der Waals surface area contributed by atoms with Crippen LogP contribution in [0.2, 0.25) is 0 Å². The second-order valence-electron chi connectivity index (χ2n) is 4.83. The van der Waals surface area contributed by atoms with Crippen molar-refractivity contribution in [2.45, 2.75) is 25.8 Å². The Balaban J connectivity index is 1.90. The molecule has 1 aliphatic rings. The van der Waals surface area contributed by atoms with Crippen molar-refractivity contribution >= 4 is 21.8 Å². The fraction of sp³-hybridized carbons (Fsp3) is 0.667. The fourth-order valence-electron chi connectivity index (χ4n) is 2.28. The molecule has 1 aromatic heterocycles. The van der Waals surface area contributed by atoms with Gasteiger partial charge in [-0.15, -0.1) is 0 Å². The standard InChI is InChI=1S/C12H19BrN4O/c1-9(6-14)12(18)16-4-2-11(3-5-16)17-8-10(13)7-15-17/h7-9,11H,2-6,14H2,1H3. The van der Waals surface area contributed by atoms with Gasteiger partial charge in [0.25, 0.3) is 0 Å². The highest BCUT2D eigenvalue weighted by Gasteiger charge is 2.26. The van der Waals surface area contributed by atoms with Crippen molar-refractivity contribution in [3.63, 3.8) is 0 Å². The zero-order chi connectivity index (χ0) is 13.1. The van der Waals surface area contributed by atoms with Gasteiger partial charge in [-0.3, -0.25) is 9.48 Å². The third-order valence-corrected chi connectivity index (χ3v) is 3.90. The van der Waals surface area contributed by atoms with Crippen molar-refractivity contribution in [3.05, 3.63) is 16.9 Å². The third-order valence-electron chi connectivity index (χ3n) is 3.50. The number of amides is 1. The molecule has 0 aromatic carbocycles. The molecule has 1 amide bonds. The predicted molar refractivity (Wildman–Crippen MR) is 73.0 cm³/mol.